The Morgan fingerprint density at radius 3 is 2.71 bits per heavy atom. The van der Waals surface area contributed by atoms with Crippen molar-refractivity contribution in [2.75, 3.05) is 26.0 Å². The molecule has 0 unspecified atom stereocenters. The van der Waals surface area contributed by atoms with E-state index in [9.17, 15) is 19.2 Å². The summed E-state index contributed by atoms with van der Waals surface area (Å²) in [7, 11) is 1.57. The van der Waals surface area contributed by atoms with Gasteiger partial charge in [-0.25, -0.2) is 4.98 Å². The van der Waals surface area contributed by atoms with Crippen molar-refractivity contribution in [3.05, 3.63) is 51.9 Å². The number of H-pyrrole nitrogens is 1. The van der Waals surface area contributed by atoms with Gasteiger partial charge in [0.15, 0.2) is 5.16 Å². The second-order valence-corrected chi connectivity index (χ2v) is 7.18. The molecular weight excluding hydrogens is 424 g/mol. The summed E-state index contributed by atoms with van der Waals surface area (Å²) < 4.78 is 9.87. The van der Waals surface area contributed by atoms with Crippen LogP contribution in [-0.2, 0) is 32.1 Å². The van der Waals surface area contributed by atoms with Gasteiger partial charge in [-0.15, -0.1) is 0 Å². The van der Waals surface area contributed by atoms with Gasteiger partial charge in [0, 0.05) is 12.6 Å². The normalized spacial score (nSPS) is 10.3. The van der Waals surface area contributed by atoms with E-state index in [0.717, 1.165) is 17.3 Å². The molecule has 0 saturated heterocycles. The molecule has 10 nitrogen and oxygen atoms in total. The number of carbonyl (C=O) groups is 3. The van der Waals surface area contributed by atoms with Crippen LogP contribution in [0.5, 0.6) is 5.75 Å². The number of methoxy groups -OCH3 is 1. The topological polar surface area (TPSA) is 139 Å². The Morgan fingerprint density at radius 1 is 1.16 bits per heavy atom. The average molecular weight is 449 g/mol. The van der Waals surface area contributed by atoms with Crippen molar-refractivity contribution >= 4 is 29.5 Å². The number of nitrogens with one attached hydrogen (secondary N) is 3. The lowest BCUT2D eigenvalue weighted by Crippen LogP contribution is -2.32. The van der Waals surface area contributed by atoms with Gasteiger partial charge in [-0.2, -0.15) is 0 Å². The van der Waals surface area contributed by atoms with Crippen LogP contribution < -0.4 is 20.9 Å². The highest BCUT2D eigenvalue weighted by molar-refractivity contribution is 7.99. The lowest BCUT2D eigenvalue weighted by molar-refractivity contribution is -0.143. The molecule has 166 valence electrons. The summed E-state index contributed by atoms with van der Waals surface area (Å²) in [5.41, 5.74) is 0.720. The number of aromatic nitrogens is 2. The van der Waals surface area contributed by atoms with E-state index in [1.165, 1.54) is 6.07 Å². The van der Waals surface area contributed by atoms with Gasteiger partial charge in [0.25, 0.3) is 5.56 Å². The largest absolute Gasteiger partial charge is 0.497 e. The minimum atomic E-state index is -0.533. The molecule has 1 aromatic heterocycles. The number of rotatable bonds is 11. The molecule has 0 aliphatic carbocycles. The van der Waals surface area contributed by atoms with Gasteiger partial charge in [-0.1, -0.05) is 23.9 Å². The minimum absolute atomic E-state index is 0.0617. The van der Waals surface area contributed by atoms with E-state index in [2.05, 4.69) is 20.6 Å². The van der Waals surface area contributed by atoms with E-state index in [1.54, 1.807) is 14.0 Å². The maximum atomic E-state index is 12.2. The molecule has 0 bridgehead atoms. The van der Waals surface area contributed by atoms with Gasteiger partial charge in [-0.05, 0) is 24.6 Å². The van der Waals surface area contributed by atoms with Gasteiger partial charge < -0.3 is 25.1 Å². The van der Waals surface area contributed by atoms with Crippen LogP contribution in [0.15, 0.2) is 40.3 Å². The predicted molar refractivity (Wildman–Crippen MR) is 114 cm³/mol. The fourth-order valence-corrected chi connectivity index (χ4v) is 3.14. The lowest BCUT2D eigenvalue weighted by Gasteiger charge is -2.08. The third-order valence-electron chi connectivity index (χ3n) is 3.81. The van der Waals surface area contributed by atoms with E-state index in [-0.39, 0.29) is 42.1 Å². The lowest BCUT2D eigenvalue weighted by atomic mass is 10.2. The number of carbonyl (C=O) groups excluding carboxylic acids is 3. The maximum absolute atomic E-state index is 12.2. The second kappa shape index (κ2) is 12.4. The number of esters is 1. The molecule has 0 spiro atoms. The molecular formula is C20H24N4O6S. The first-order valence-electron chi connectivity index (χ1n) is 9.44. The van der Waals surface area contributed by atoms with Gasteiger partial charge in [0.2, 0.25) is 11.8 Å². The fourth-order valence-electron chi connectivity index (χ4n) is 2.42. The molecule has 2 aromatic rings. The summed E-state index contributed by atoms with van der Waals surface area (Å²) in [4.78, 5) is 53.8. The Balaban J connectivity index is 1.85. The number of thioether (sulfide) groups is 1. The smallest absolute Gasteiger partial charge is 0.325 e. The highest BCUT2D eigenvalue weighted by atomic mass is 32.2. The van der Waals surface area contributed by atoms with Crippen LogP contribution in [0.3, 0.4) is 0 Å². The summed E-state index contributed by atoms with van der Waals surface area (Å²) in [6, 6.07) is 8.53. The van der Waals surface area contributed by atoms with Crippen molar-refractivity contribution in [1.29, 1.82) is 0 Å². The molecule has 0 fully saturated rings. The van der Waals surface area contributed by atoms with Crippen molar-refractivity contribution in [3.63, 3.8) is 0 Å². The molecule has 0 aliphatic heterocycles. The molecule has 0 radical (unpaired) electrons. The van der Waals surface area contributed by atoms with Crippen LogP contribution in [0.2, 0.25) is 0 Å². The van der Waals surface area contributed by atoms with Crippen LogP contribution in [-0.4, -0.2) is 53.8 Å². The third-order valence-corrected chi connectivity index (χ3v) is 4.69. The molecule has 2 rings (SSSR count). The number of hydrogen-bond donors (Lipinski definition) is 3. The molecule has 31 heavy (non-hydrogen) atoms. The van der Waals surface area contributed by atoms with E-state index in [4.69, 9.17) is 9.47 Å². The number of benzene rings is 1. The van der Waals surface area contributed by atoms with Crippen LogP contribution in [0, 0.1) is 0 Å². The van der Waals surface area contributed by atoms with E-state index in [0.29, 0.717) is 12.3 Å². The minimum Gasteiger partial charge on any atom is -0.497 e. The van der Waals surface area contributed by atoms with Crippen LogP contribution >= 0.6 is 11.8 Å². The van der Waals surface area contributed by atoms with Crippen LogP contribution in [0.4, 0.5) is 0 Å². The number of aromatic amines is 1. The number of ether oxygens (including phenoxy) is 2. The van der Waals surface area contributed by atoms with Crippen LogP contribution in [0.25, 0.3) is 0 Å². The summed E-state index contributed by atoms with van der Waals surface area (Å²) >= 11 is 0.987. The van der Waals surface area contributed by atoms with Gasteiger partial charge in [0.05, 0.1) is 31.6 Å². The number of nitrogens with zero attached hydrogens (tertiary/aromatic N) is 1. The highest BCUT2D eigenvalue weighted by Crippen LogP contribution is 2.13. The van der Waals surface area contributed by atoms with E-state index >= 15 is 0 Å². The molecule has 11 heteroatoms. The van der Waals surface area contributed by atoms with Crippen molar-refractivity contribution < 1.29 is 23.9 Å². The third kappa shape index (κ3) is 8.91. The highest BCUT2D eigenvalue weighted by Gasteiger charge is 2.11. The van der Waals surface area contributed by atoms with E-state index in [1.807, 2.05) is 24.3 Å². The summed E-state index contributed by atoms with van der Waals surface area (Å²) in [5, 5.41) is 5.38. The molecule has 1 heterocycles. The van der Waals surface area contributed by atoms with Crippen LogP contribution in [0.1, 0.15) is 18.2 Å². The summed E-state index contributed by atoms with van der Waals surface area (Å²) in [6.07, 6.45) is -0.0868. The zero-order chi connectivity index (χ0) is 22.6. The van der Waals surface area contributed by atoms with Crippen molar-refractivity contribution in [1.82, 2.24) is 20.6 Å². The standard InChI is InChI=1S/C20H24N4O6S/c1-3-30-19(28)11-22-18(27)12-31-20-23-14(9-17(26)24-20)8-16(25)21-10-13-5-4-6-15(7-13)29-2/h4-7,9H,3,8,10-12H2,1-2H3,(H,21,25)(H,22,27)(H,23,24,26). The first kappa shape index (κ1) is 23.9. The Kier molecular flexibility index (Phi) is 9.56. The quantitative estimate of drug-likeness (QED) is 0.255. The first-order chi connectivity index (χ1) is 14.9. The van der Waals surface area contributed by atoms with E-state index < -0.39 is 17.4 Å². The zero-order valence-electron chi connectivity index (χ0n) is 17.2. The molecule has 1 aromatic carbocycles. The van der Waals surface area contributed by atoms with Crippen molar-refractivity contribution in [2.24, 2.45) is 0 Å². The fraction of sp³-hybridized carbons (Fsp3) is 0.350. The Labute approximate surface area is 183 Å². The van der Waals surface area contributed by atoms with Gasteiger partial charge in [0.1, 0.15) is 12.3 Å². The Hall–Kier alpha value is -3.34. The summed E-state index contributed by atoms with van der Waals surface area (Å²) in [6.45, 7) is 1.98. The SMILES string of the molecule is CCOC(=O)CNC(=O)CSc1nc(CC(=O)NCc2cccc(OC)c2)cc(=O)[nH]1. The maximum Gasteiger partial charge on any atom is 0.325 e. The predicted octanol–water partition coefficient (Wildman–Crippen LogP) is 0.409. The Morgan fingerprint density at radius 2 is 1.97 bits per heavy atom. The average Bonchev–Trinajstić information content (AvgIpc) is 2.75. The molecule has 2 amide bonds. The molecule has 0 aliphatic rings. The monoisotopic (exact) mass is 448 g/mol. The zero-order valence-corrected chi connectivity index (χ0v) is 18.0. The number of hydrogen-bond acceptors (Lipinski definition) is 8. The molecule has 0 atom stereocenters. The Bertz CT molecular complexity index is 978. The van der Waals surface area contributed by atoms with Crippen molar-refractivity contribution in [3.8, 4) is 5.75 Å². The molecule has 0 saturated carbocycles. The van der Waals surface area contributed by atoms with Gasteiger partial charge >= 0.3 is 5.97 Å². The first-order valence-corrected chi connectivity index (χ1v) is 10.4. The molecule has 3 N–H and O–H groups in total. The second-order valence-electron chi connectivity index (χ2n) is 6.22. The summed E-state index contributed by atoms with van der Waals surface area (Å²) in [5.74, 6) is -0.620. The van der Waals surface area contributed by atoms with Gasteiger partial charge in [-0.3, -0.25) is 19.2 Å². The van der Waals surface area contributed by atoms with Crippen molar-refractivity contribution in [2.45, 2.75) is 25.0 Å². The number of amides is 2.